The minimum atomic E-state index is -3.59. The zero-order chi connectivity index (χ0) is 18.3. The van der Waals surface area contributed by atoms with Crippen molar-refractivity contribution in [2.75, 3.05) is 13.1 Å². The van der Waals surface area contributed by atoms with Gasteiger partial charge < -0.3 is 18.7 Å². The molecular weight excluding hydrogens is 346 g/mol. The van der Waals surface area contributed by atoms with Gasteiger partial charge in [0.05, 0.1) is 18.4 Å². The van der Waals surface area contributed by atoms with Gasteiger partial charge >= 0.3 is 6.29 Å². The Kier molecular flexibility index (Phi) is 4.32. The number of likely N-dealkylation sites (tertiary alicyclic amines) is 1. The van der Waals surface area contributed by atoms with E-state index in [9.17, 15) is 8.78 Å². The van der Waals surface area contributed by atoms with Crippen LogP contribution in [0.4, 0.5) is 8.78 Å². The van der Waals surface area contributed by atoms with Crippen LogP contribution in [0.3, 0.4) is 0 Å². The molecule has 0 bridgehead atoms. The standard InChI is InChI=1S/C18H20F2N2O4/c1-11-15(12(2)26-21-11)10-23-14-6-7-22(9-14)8-13-4-3-5-16-17(13)25-18(19,20)24-16/h3-5,14H,6-10H2,1-2H3. The molecule has 4 rings (SSSR count). The fourth-order valence-electron chi connectivity index (χ4n) is 3.38. The number of alkyl halides is 2. The van der Waals surface area contributed by atoms with E-state index in [1.54, 1.807) is 12.1 Å². The van der Waals surface area contributed by atoms with Crippen molar-refractivity contribution in [2.24, 2.45) is 0 Å². The van der Waals surface area contributed by atoms with E-state index in [1.807, 2.05) is 13.8 Å². The average molecular weight is 366 g/mol. The van der Waals surface area contributed by atoms with Gasteiger partial charge in [0.15, 0.2) is 11.5 Å². The molecule has 1 aromatic heterocycles. The molecule has 1 fully saturated rings. The van der Waals surface area contributed by atoms with E-state index >= 15 is 0 Å². The molecular formula is C18H20F2N2O4. The molecule has 2 aliphatic heterocycles. The number of fused-ring (bicyclic) bond motifs is 1. The molecule has 1 atom stereocenters. The average Bonchev–Trinajstić information content (AvgIpc) is 3.24. The Labute approximate surface area is 149 Å². The first-order valence-corrected chi connectivity index (χ1v) is 8.55. The topological polar surface area (TPSA) is 57.0 Å². The van der Waals surface area contributed by atoms with Crippen molar-refractivity contribution in [1.29, 1.82) is 0 Å². The Morgan fingerprint density at radius 3 is 2.92 bits per heavy atom. The van der Waals surface area contributed by atoms with Gasteiger partial charge in [-0.2, -0.15) is 0 Å². The van der Waals surface area contributed by atoms with Crippen LogP contribution < -0.4 is 9.47 Å². The number of ether oxygens (including phenoxy) is 3. The van der Waals surface area contributed by atoms with Crippen LogP contribution in [0.2, 0.25) is 0 Å². The van der Waals surface area contributed by atoms with Crippen molar-refractivity contribution in [3.63, 3.8) is 0 Å². The van der Waals surface area contributed by atoms with Gasteiger partial charge in [0.2, 0.25) is 0 Å². The van der Waals surface area contributed by atoms with Gasteiger partial charge in [-0.25, -0.2) is 0 Å². The van der Waals surface area contributed by atoms with Gasteiger partial charge in [-0.15, -0.1) is 8.78 Å². The third-order valence-electron chi connectivity index (χ3n) is 4.78. The summed E-state index contributed by atoms with van der Waals surface area (Å²) in [5, 5.41) is 3.92. The molecule has 2 aliphatic rings. The van der Waals surface area contributed by atoms with Gasteiger partial charge in [0.1, 0.15) is 5.76 Å². The molecule has 8 heteroatoms. The van der Waals surface area contributed by atoms with Crippen molar-refractivity contribution in [3.8, 4) is 11.5 Å². The molecule has 0 amide bonds. The van der Waals surface area contributed by atoms with E-state index in [2.05, 4.69) is 19.5 Å². The summed E-state index contributed by atoms with van der Waals surface area (Å²) < 4.78 is 46.9. The highest BCUT2D eigenvalue weighted by Crippen LogP contribution is 2.43. The molecule has 0 aliphatic carbocycles. The molecule has 26 heavy (non-hydrogen) atoms. The predicted octanol–water partition coefficient (Wildman–Crippen LogP) is 3.40. The normalized spacial score (nSPS) is 21.5. The first-order valence-electron chi connectivity index (χ1n) is 8.55. The molecule has 0 radical (unpaired) electrons. The molecule has 0 saturated carbocycles. The summed E-state index contributed by atoms with van der Waals surface area (Å²) in [6.07, 6.45) is -2.63. The van der Waals surface area contributed by atoms with Crippen molar-refractivity contribution < 1.29 is 27.5 Å². The Morgan fingerprint density at radius 2 is 2.15 bits per heavy atom. The monoisotopic (exact) mass is 366 g/mol. The molecule has 1 aromatic carbocycles. The first-order chi connectivity index (χ1) is 12.4. The van der Waals surface area contributed by atoms with Crippen LogP contribution in [0.5, 0.6) is 11.5 Å². The summed E-state index contributed by atoms with van der Waals surface area (Å²) in [6.45, 7) is 6.28. The molecule has 1 saturated heterocycles. The molecule has 2 aromatic rings. The lowest BCUT2D eigenvalue weighted by atomic mass is 10.2. The highest BCUT2D eigenvalue weighted by Gasteiger charge is 2.44. The summed E-state index contributed by atoms with van der Waals surface area (Å²) in [4.78, 5) is 2.16. The molecule has 0 spiro atoms. The van der Waals surface area contributed by atoms with Gasteiger partial charge in [0.25, 0.3) is 0 Å². The lowest BCUT2D eigenvalue weighted by molar-refractivity contribution is -0.287. The quantitative estimate of drug-likeness (QED) is 0.808. The second-order valence-electron chi connectivity index (χ2n) is 6.67. The fraction of sp³-hybridized carbons (Fsp3) is 0.500. The third kappa shape index (κ3) is 3.39. The van der Waals surface area contributed by atoms with Crippen LogP contribution >= 0.6 is 0 Å². The molecule has 6 nitrogen and oxygen atoms in total. The van der Waals surface area contributed by atoms with E-state index < -0.39 is 6.29 Å². The summed E-state index contributed by atoms with van der Waals surface area (Å²) in [5.41, 5.74) is 2.51. The second-order valence-corrected chi connectivity index (χ2v) is 6.67. The van der Waals surface area contributed by atoms with Crippen LogP contribution in [0.25, 0.3) is 0 Å². The number of benzene rings is 1. The van der Waals surface area contributed by atoms with E-state index in [-0.39, 0.29) is 17.6 Å². The van der Waals surface area contributed by atoms with Gasteiger partial charge in [-0.05, 0) is 26.3 Å². The van der Waals surface area contributed by atoms with E-state index in [0.717, 1.165) is 36.5 Å². The van der Waals surface area contributed by atoms with Gasteiger partial charge in [-0.1, -0.05) is 17.3 Å². The Hall–Kier alpha value is -2.19. The number of halogens is 2. The molecule has 140 valence electrons. The molecule has 1 unspecified atom stereocenters. The number of para-hydroxylation sites is 1. The van der Waals surface area contributed by atoms with Crippen molar-refractivity contribution in [2.45, 2.75) is 45.8 Å². The summed E-state index contributed by atoms with van der Waals surface area (Å²) >= 11 is 0. The van der Waals surface area contributed by atoms with E-state index in [1.165, 1.54) is 6.07 Å². The number of aromatic nitrogens is 1. The Bertz CT molecular complexity index is 789. The second kappa shape index (κ2) is 6.51. The lowest BCUT2D eigenvalue weighted by Gasteiger charge is -2.17. The summed E-state index contributed by atoms with van der Waals surface area (Å²) in [5.74, 6) is 0.978. The number of hydrogen-bond acceptors (Lipinski definition) is 6. The van der Waals surface area contributed by atoms with Crippen molar-refractivity contribution in [1.82, 2.24) is 10.1 Å². The van der Waals surface area contributed by atoms with Crippen LogP contribution in [-0.4, -0.2) is 35.5 Å². The smallest absolute Gasteiger partial charge is 0.395 e. The summed E-state index contributed by atoms with van der Waals surface area (Å²) in [6, 6.07) is 4.96. The van der Waals surface area contributed by atoms with Crippen LogP contribution in [0, 0.1) is 13.8 Å². The van der Waals surface area contributed by atoms with E-state index in [4.69, 9.17) is 9.26 Å². The number of nitrogens with zero attached hydrogens (tertiary/aromatic N) is 2. The molecule has 3 heterocycles. The maximum atomic E-state index is 13.3. The summed E-state index contributed by atoms with van der Waals surface area (Å²) in [7, 11) is 0. The predicted molar refractivity (Wildman–Crippen MR) is 87.1 cm³/mol. The number of hydrogen-bond donors (Lipinski definition) is 0. The third-order valence-corrected chi connectivity index (χ3v) is 4.78. The van der Waals surface area contributed by atoms with Crippen LogP contribution in [0.1, 0.15) is 29.0 Å². The largest absolute Gasteiger partial charge is 0.586 e. The maximum absolute atomic E-state index is 13.3. The first kappa shape index (κ1) is 17.2. The van der Waals surface area contributed by atoms with Crippen molar-refractivity contribution >= 4 is 0 Å². The maximum Gasteiger partial charge on any atom is 0.586 e. The number of rotatable bonds is 5. The van der Waals surface area contributed by atoms with Gasteiger partial charge in [0, 0.05) is 30.8 Å². The SMILES string of the molecule is Cc1noc(C)c1COC1CCN(Cc2cccc3c2OC(F)(F)O3)C1. The highest BCUT2D eigenvalue weighted by molar-refractivity contribution is 5.48. The van der Waals surface area contributed by atoms with E-state index in [0.29, 0.717) is 18.7 Å². The molecule has 0 N–H and O–H groups in total. The number of aryl methyl sites for hydroxylation is 2. The Morgan fingerprint density at radius 1 is 1.31 bits per heavy atom. The van der Waals surface area contributed by atoms with Crippen LogP contribution in [0.15, 0.2) is 22.7 Å². The lowest BCUT2D eigenvalue weighted by Crippen LogP contribution is -2.26. The zero-order valence-electron chi connectivity index (χ0n) is 14.6. The van der Waals surface area contributed by atoms with Gasteiger partial charge in [-0.3, -0.25) is 4.90 Å². The minimum absolute atomic E-state index is 0.0814. The zero-order valence-corrected chi connectivity index (χ0v) is 14.6. The fourth-order valence-corrected chi connectivity index (χ4v) is 3.38. The minimum Gasteiger partial charge on any atom is -0.395 e. The van der Waals surface area contributed by atoms with Crippen molar-refractivity contribution in [3.05, 3.63) is 40.8 Å². The highest BCUT2D eigenvalue weighted by atomic mass is 19.3. The Balaban J connectivity index is 1.35. The van der Waals surface area contributed by atoms with Crippen LogP contribution in [-0.2, 0) is 17.9 Å².